The van der Waals surface area contributed by atoms with Crippen molar-refractivity contribution >= 4 is 28.5 Å². The zero-order valence-electron chi connectivity index (χ0n) is 4.94. The van der Waals surface area contributed by atoms with Gasteiger partial charge in [0.05, 0.1) is 11.2 Å². The molecule has 2 N–H and O–H groups in total. The molecule has 0 aliphatic heterocycles. The Balaban J connectivity index is 4.19. The predicted octanol–water partition coefficient (Wildman–Crippen LogP) is 2.10. The van der Waals surface area contributed by atoms with Crippen LogP contribution in [0, 0.1) is 0 Å². The molecule has 56 valence electrons. The van der Waals surface area contributed by atoms with Gasteiger partial charge in [-0.2, -0.15) is 0 Å². The van der Waals surface area contributed by atoms with Crippen LogP contribution in [0.3, 0.4) is 0 Å². The molecule has 0 bridgehead atoms. The van der Waals surface area contributed by atoms with E-state index in [1.807, 2.05) is 0 Å². The summed E-state index contributed by atoms with van der Waals surface area (Å²) in [5.74, 6) is -0.759. The van der Waals surface area contributed by atoms with Gasteiger partial charge in [-0.05, 0) is 11.6 Å². The summed E-state index contributed by atoms with van der Waals surface area (Å²) < 4.78 is 12.3. The van der Waals surface area contributed by atoms with E-state index >= 15 is 0 Å². The molecule has 0 spiro atoms. The van der Waals surface area contributed by atoms with E-state index in [0.29, 0.717) is 0 Å². The van der Waals surface area contributed by atoms with Crippen LogP contribution in [0.1, 0.15) is 0 Å². The third kappa shape index (κ3) is 4.35. The average molecular weight is 183 g/mol. The molecule has 0 aromatic rings. The largest absolute Gasteiger partial charge is 0.374 e. The highest BCUT2D eigenvalue weighted by atomic mass is 35.5. The molecule has 10 heavy (non-hydrogen) atoms. The second kappa shape index (κ2) is 4.30. The van der Waals surface area contributed by atoms with Crippen molar-refractivity contribution in [2.45, 2.75) is 0 Å². The van der Waals surface area contributed by atoms with Crippen LogP contribution in [0.2, 0.25) is 0 Å². The van der Waals surface area contributed by atoms with Gasteiger partial charge in [0.25, 0.3) is 0 Å². The number of rotatable bonds is 2. The van der Waals surface area contributed by atoms with E-state index in [1.54, 1.807) is 0 Å². The Bertz CT molecular complexity index is 194. The van der Waals surface area contributed by atoms with Crippen LogP contribution in [-0.2, 0) is 0 Å². The average Bonchev–Trinajstić information content (AvgIpc) is 1.82. The number of allylic oxidation sites excluding steroid dienone is 2. The van der Waals surface area contributed by atoms with Gasteiger partial charge >= 0.3 is 0 Å². The molecule has 0 atom stereocenters. The van der Waals surface area contributed by atoms with Crippen molar-refractivity contribution < 1.29 is 4.39 Å². The predicted molar refractivity (Wildman–Crippen MR) is 41.7 cm³/mol. The molecule has 0 aliphatic rings. The van der Waals surface area contributed by atoms with Crippen molar-refractivity contribution in [3.8, 4) is 0 Å². The van der Waals surface area contributed by atoms with E-state index in [4.69, 9.17) is 28.9 Å². The van der Waals surface area contributed by atoms with Crippen molar-refractivity contribution in [2.24, 2.45) is 10.7 Å². The summed E-state index contributed by atoms with van der Waals surface area (Å²) in [5, 5.41) is -0.491. The Morgan fingerprint density at radius 2 is 2.10 bits per heavy atom. The zero-order chi connectivity index (χ0) is 8.15. The van der Waals surface area contributed by atoms with Crippen LogP contribution in [0.5, 0.6) is 0 Å². The Labute approximate surface area is 67.8 Å². The van der Waals surface area contributed by atoms with Gasteiger partial charge in [0.2, 0.25) is 0 Å². The Hall–Kier alpha value is -0.540. The molecule has 0 aliphatic carbocycles. The van der Waals surface area contributed by atoms with Gasteiger partial charge in [-0.15, -0.1) is 0 Å². The summed E-state index contributed by atoms with van der Waals surface area (Å²) in [5.41, 5.74) is 4.87. The highest BCUT2D eigenvalue weighted by Crippen LogP contribution is 2.12. The SMILES string of the molecule is C=C(Cl)/C(F)=C\N=C(N)Cl. The van der Waals surface area contributed by atoms with Crippen LogP contribution < -0.4 is 5.73 Å². The zero-order valence-corrected chi connectivity index (χ0v) is 6.45. The molecule has 0 fully saturated rings. The number of halogens is 3. The summed E-state index contributed by atoms with van der Waals surface area (Å²) in [6, 6.07) is 0. The fourth-order valence-corrected chi connectivity index (χ4v) is 0.286. The third-order valence-corrected chi connectivity index (χ3v) is 0.838. The fraction of sp³-hybridized carbons (Fsp3) is 0. The van der Waals surface area contributed by atoms with Crippen molar-refractivity contribution in [3.63, 3.8) is 0 Å². The second-order valence-electron chi connectivity index (χ2n) is 1.33. The summed E-state index contributed by atoms with van der Waals surface area (Å²) >= 11 is 10.2. The first-order valence-corrected chi connectivity index (χ1v) is 2.99. The van der Waals surface area contributed by atoms with Crippen molar-refractivity contribution in [1.82, 2.24) is 0 Å². The maximum absolute atomic E-state index is 12.3. The molecule has 0 radical (unpaired) electrons. The number of hydrogen-bond acceptors (Lipinski definition) is 1. The number of nitrogens with zero attached hydrogens (tertiary/aromatic N) is 1. The molecule has 0 rings (SSSR count). The number of nitrogens with two attached hydrogens (primary N) is 1. The Morgan fingerprint density at radius 3 is 2.40 bits per heavy atom. The minimum Gasteiger partial charge on any atom is -0.374 e. The maximum atomic E-state index is 12.3. The van der Waals surface area contributed by atoms with E-state index in [9.17, 15) is 4.39 Å². The first kappa shape index (κ1) is 9.46. The van der Waals surface area contributed by atoms with E-state index in [-0.39, 0.29) is 10.3 Å². The summed E-state index contributed by atoms with van der Waals surface area (Å²) in [7, 11) is 0. The number of aliphatic imine (C=N–C) groups is 1. The molecule has 0 aromatic heterocycles. The molecule has 0 aromatic carbocycles. The minimum atomic E-state index is -0.759. The van der Waals surface area contributed by atoms with E-state index in [2.05, 4.69) is 11.6 Å². The lowest BCUT2D eigenvalue weighted by atomic mass is 10.5. The highest BCUT2D eigenvalue weighted by molar-refractivity contribution is 6.64. The normalized spacial score (nSPS) is 13.5. The molecule has 5 heteroatoms. The monoisotopic (exact) mass is 182 g/mol. The van der Waals surface area contributed by atoms with Gasteiger partial charge in [0.15, 0.2) is 11.1 Å². The molecule has 0 amide bonds. The lowest BCUT2D eigenvalue weighted by Crippen LogP contribution is -1.99. The van der Waals surface area contributed by atoms with Crippen LogP contribution in [0.15, 0.2) is 28.6 Å². The fourth-order valence-electron chi connectivity index (χ4n) is 0.188. The second-order valence-corrected chi connectivity index (χ2v) is 2.18. The lowest BCUT2D eigenvalue weighted by molar-refractivity contribution is 0.660. The Morgan fingerprint density at radius 1 is 1.60 bits per heavy atom. The molecular weight excluding hydrogens is 178 g/mol. The maximum Gasteiger partial charge on any atom is 0.193 e. The topological polar surface area (TPSA) is 38.4 Å². The van der Waals surface area contributed by atoms with Crippen LogP contribution in [0.4, 0.5) is 4.39 Å². The summed E-state index contributed by atoms with van der Waals surface area (Å²) in [6.45, 7) is 3.10. The van der Waals surface area contributed by atoms with E-state index in [0.717, 1.165) is 6.20 Å². The van der Waals surface area contributed by atoms with Crippen molar-refractivity contribution in [1.29, 1.82) is 0 Å². The van der Waals surface area contributed by atoms with Gasteiger partial charge in [0.1, 0.15) is 0 Å². The third-order valence-electron chi connectivity index (χ3n) is 0.560. The lowest BCUT2D eigenvalue weighted by Gasteiger charge is -1.86. The van der Waals surface area contributed by atoms with Gasteiger partial charge in [-0.1, -0.05) is 18.2 Å². The van der Waals surface area contributed by atoms with E-state index < -0.39 is 5.83 Å². The van der Waals surface area contributed by atoms with Crippen LogP contribution in [-0.4, -0.2) is 5.29 Å². The molecular formula is C5H5Cl2FN2. The summed E-state index contributed by atoms with van der Waals surface area (Å²) in [6.07, 6.45) is 0.789. The molecule has 0 saturated carbocycles. The van der Waals surface area contributed by atoms with Crippen molar-refractivity contribution in [2.75, 3.05) is 0 Å². The van der Waals surface area contributed by atoms with Crippen LogP contribution >= 0.6 is 23.2 Å². The van der Waals surface area contributed by atoms with Crippen molar-refractivity contribution in [3.05, 3.63) is 23.6 Å². The van der Waals surface area contributed by atoms with Gasteiger partial charge in [0, 0.05) is 0 Å². The quantitative estimate of drug-likeness (QED) is 0.302. The molecule has 0 saturated heterocycles. The summed E-state index contributed by atoms with van der Waals surface area (Å²) in [4.78, 5) is 3.22. The van der Waals surface area contributed by atoms with Crippen LogP contribution in [0.25, 0.3) is 0 Å². The molecule has 2 nitrogen and oxygen atoms in total. The standard InChI is InChI=1S/C5H5Cl2FN2/c1-3(6)4(8)2-10-5(7)9/h2H,1H2,(H2,9,10)/b4-2+. The number of hydrogen-bond donors (Lipinski definition) is 1. The van der Waals surface area contributed by atoms with Gasteiger partial charge in [-0.3, -0.25) is 0 Å². The number of amidine groups is 1. The van der Waals surface area contributed by atoms with Gasteiger partial charge < -0.3 is 5.73 Å². The first-order chi connectivity index (χ1) is 4.54. The minimum absolute atomic E-state index is 0.235. The Kier molecular flexibility index (Phi) is 4.07. The van der Waals surface area contributed by atoms with E-state index in [1.165, 1.54) is 0 Å². The molecule has 0 unspecified atom stereocenters. The first-order valence-electron chi connectivity index (χ1n) is 2.23. The molecule has 0 heterocycles. The van der Waals surface area contributed by atoms with Gasteiger partial charge in [-0.25, -0.2) is 9.38 Å². The highest BCUT2D eigenvalue weighted by Gasteiger charge is 1.94. The smallest absolute Gasteiger partial charge is 0.193 e.